The number of benzene rings is 1. The van der Waals surface area contributed by atoms with Gasteiger partial charge in [-0.1, -0.05) is 12.8 Å². The van der Waals surface area contributed by atoms with Crippen molar-refractivity contribution in [2.24, 2.45) is 0 Å². The standard InChI is InChI=1S/C16H19N3O4S/c1-11-17-6-7-19(11)14-8-12(16(20)21)9-15(10-14)24(22,23)18-13-4-2-3-5-13/h6-10,13,18H,2-5H2,1H3,(H,20,21). The summed E-state index contributed by atoms with van der Waals surface area (Å²) in [5.41, 5.74) is 0.379. The number of aryl methyl sites for hydroxylation is 1. The van der Waals surface area contributed by atoms with E-state index < -0.39 is 16.0 Å². The molecule has 0 radical (unpaired) electrons. The molecule has 0 saturated heterocycles. The van der Waals surface area contributed by atoms with Crippen molar-refractivity contribution in [3.8, 4) is 5.69 Å². The number of imidazole rings is 1. The molecule has 1 aromatic heterocycles. The summed E-state index contributed by atoms with van der Waals surface area (Å²) in [6, 6.07) is 4.02. The highest BCUT2D eigenvalue weighted by Crippen LogP contribution is 2.23. The first-order chi connectivity index (χ1) is 11.4. The van der Waals surface area contributed by atoms with Gasteiger partial charge in [-0.3, -0.25) is 0 Å². The number of sulfonamides is 1. The van der Waals surface area contributed by atoms with Gasteiger partial charge in [-0.2, -0.15) is 0 Å². The minimum atomic E-state index is -3.77. The first kappa shape index (κ1) is 16.7. The average molecular weight is 349 g/mol. The summed E-state index contributed by atoms with van der Waals surface area (Å²) >= 11 is 0. The third-order valence-electron chi connectivity index (χ3n) is 4.23. The van der Waals surface area contributed by atoms with Gasteiger partial charge in [0, 0.05) is 24.1 Å². The molecule has 0 amide bonds. The van der Waals surface area contributed by atoms with Crippen molar-refractivity contribution < 1.29 is 18.3 Å². The Morgan fingerprint density at radius 2 is 2.00 bits per heavy atom. The molecule has 0 atom stereocenters. The molecular weight excluding hydrogens is 330 g/mol. The number of carboxylic acids is 1. The van der Waals surface area contributed by atoms with Crippen LogP contribution in [0.25, 0.3) is 5.69 Å². The molecule has 2 N–H and O–H groups in total. The minimum Gasteiger partial charge on any atom is -0.478 e. The van der Waals surface area contributed by atoms with Crippen LogP contribution in [-0.4, -0.2) is 35.1 Å². The van der Waals surface area contributed by atoms with E-state index in [-0.39, 0.29) is 16.5 Å². The lowest BCUT2D eigenvalue weighted by molar-refractivity contribution is 0.0696. The van der Waals surface area contributed by atoms with Gasteiger partial charge in [0.1, 0.15) is 5.82 Å². The molecular formula is C16H19N3O4S. The van der Waals surface area contributed by atoms with Crippen molar-refractivity contribution in [2.45, 2.75) is 43.5 Å². The molecule has 1 fully saturated rings. The molecule has 8 heteroatoms. The zero-order valence-electron chi connectivity index (χ0n) is 13.3. The average Bonchev–Trinajstić information content (AvgIpc) is 3.18. The van der Waals surface area contributed by atoms with E-state index in [1.807, 2.05) is 0 Å². The van der Waals surface area contributed by atoms with Crippen molar-refractivity contribution in [3.63, 3.8) is 0 Å². The fourth-order valence-corrected chi connectivity index (χ4v) is 4.35. The van der Waals surface area contributed by atoms with Gasteiger partial charge in [-0.25, -0.2) is 22.9 Å². The van der Waals surface area contributed by atoms with Crippen molar-refractivity contribution in [1.29, 1.82) is 0 Å². The maximum absolute atomic E-state index is 12.6. The van der Waals surface area contributed by atoms with Gasteiger partial charge in [-0.15, -0.1) is 0 Å². The van der Waals surface area contributed by atoms with Crippen LogP contribution in [0.4, 0.5) is 0 Å². The molecule has 1 aliphatic carbocycles. The second-order valence-corrected chi connectivity index (χ2v) is 7.68. The quantitative estimate of drug-likeness (QED) is 0.861. The van der Waals surface area contributed by atoms with Gasteiger partial charge in [0.2, 0.25) is 10.0 Å². The van der Waals surface area contributed by atoms with Gasteiger partial charge in [0.15, 0.2) is 0 Å². The predicted molar refractivity (Wildman–Crippen MR) is 87.8 cm³/mol. The zero-order valence-corrected chi connectivity index (χ0v) is 14.1. The number of nitrogens with one attached hydrogen (secondary N) is 1. The Balaban J connectivity index is 2.05. The fourth-order valence-electron chi connectivity index (χ4n) is 2.98. The largest absolute Gasteiger partial charge is 0.478 e. The fraction of sp³-hybridized carbons (Fsp3) is 0.375. The normalized spacial score (nSPS) is 15.7. The van der Waals surface area contributed by atoms with Crippen molar-refractivity contribution in [1.82, 2.24) is 14.3 Å². The van der Waals surface area contributed by atoms with E-state index in [0.717, 1.165) is 25.7 Å². The Labute approximate surface area is 140 Å². The Bertz CT molecular complexity index is 867. The van der Waals surface area contributed by atoms with Crippen LogP contribution < -0.4 is 4.72 Å². The summed E-state index contributed by atoms with van der Waals surface area (Å²) in [6.07, 6.45) is 6.87. The number of aromatic carboxylic acids is 1. The summed E-state index contributed by atoms with van der Waals surface area (Å²) in [4.78, 5) is 15.4. The third kappa shape index (κ3) is 3.34. The van der Waals surface area contributed by atoms with Crippen LogP contribution in [0, 0.1) is 6.92 Å². The zero-order chi connectivity index (χ0) is 17.3. The Kier molecular flexibility index (Phi) is 4.42. The maximum Gasteiger partial charge on any atom is 0.335 e. The van der Waals surface area contributed by atoms with E-state index >= 15 is 0 Å². The Hall–Kier alpha value is -2.19. The number of carbonyl (C=O) groups is 1. The first-order valence-electron chi connectivity index (χ1n) is 7.78. The van der Waals surface area contributed by atoms with Crippen molar-refractivity contribution >= 4 is 16.0 Å². The first-order valence-corrected chi connectivity index (χ1v) is 9.26. The number of hydrogen-bond donors (Lipinski definition) is 2. The number of carboxylic acid groups (broad SMARTS) is 1. The topological polar surface area (TPSA) is 101 Å². The highest BCUT2D eigenvalue weighted by atomic mass is 32.2. The molecule has 24 heavy (non-hydrogen) atoms. The Morgan fingerprint density at radius 1 is 1.29 bits per heavy atom. The number of nitrogens with zero attached hydrogens (tertiary/aromatic N) is 2. The second-order valence-electron chi connectivity index (χ2n) is 5.97. The van der Waals surface area contributed by atoms with Gasteiger partial charge in [0.25, 0.3) is 0 Å². The highest BCUT2D eigenvalue weighted by Gasteiger charge is 2.24. The number of rotatable bonds is 5. The van der Waals surface area contributed by atoms with Crippen LogP contribution >= 0.6 is 0 Å². The van der Waals surface area contributed by atoms with Gasteiger partial charge < -0.3 is 9.67 Å². The third-order valence-corrected chi connectivity index (χ3v) is 5.73. The van der Waals surface area contributed by atoms with E-state index in [0.29, 0.717) is 11.5 Å². The summed E-state index contributed by atoms with van der Waals surface area (Å²) in [5, 5.41) is 9.31. The highest BCUT2D eigenvalue weighted by molar-refractivity contribution is 7.89. The second kappa shape index (κ2) is 6.37. The molecule has 0 aliphatic heterocycles. The van der Waals surface area contributed by atoms with Crippen LogP contribution in [0.3, 0.4) is 0 Å². The molecule has 3 rings (SSSR count). The van der Waals surface area contributed by atoms with Crippen LogP contribution in [0.15, 0.2) is 35.5 Å². The molecule has 1 saturated carbocycles. The lowest BCUT2D eigenvalue weighted by atomic mass is 10.2. The molecule has 7 nitrogen and oxygen atoms in total. The summed E-state index contributed by atoms with van der Waals surface area (Å²) in [5.74, 6) is -0.531. The molecule has 128 valence electrons. The van der Waals surface area contributed by atoms with E-state index in [4.69, 9.17) is 0 Å². The minimum absolute atomic E-state index is 0.0441. The van der Waals surface area contributed by atoms with Crippen LogP contribution in [0.1, 0.15) is 41.9 Å². The molecule has 0 spiro atoms. The summed E-state index contributed by atoms with van der Waals surface area (Å²) in [6.45, 7) is 1.76. The van der Waals surface area contributed by atoms with Crippen LogP contribution in [0.2, 0.25) is 0 Å². The van der Waals surface area contributed by atoms with Crippen molar-refractivity contribution in [3.05, 3.63) is 42.0 Å². The number of aromatic nitrogens is 2. The van der Waals surface area contributed by atoms with Crippen LogP contribution in [-0.2, 0) is 10.0 Å². The van der Waals surface area contributed by atoms with Crippen LogP contribution in [0.5, 0.6) is 0 Å². The molecule has 0 unspecified atom stereocenters. The lowest BCUT2D eigenvalue weighted by Gasteiger charge is -2.14. The van der Waals surface area contributed by atoms with E-state index in [1.54, 1.807) is 23.9 Å². The Morgan fingerprint density at radius 3 is 2.58 bits per heavy atom. The van der Waals surface area contributed by atoms with Crippen molar-refractivity contribution in [2.75, 3.05) is 0 Å². The van der Waals surface area contributed by atoms with E-state index in [9.17, 15) is 18.3 Å². The monoisotopic (exact) mass is 349 g/mol. The maximum atomic E-state index is 12.6. The number of hydrogen-bond acceptors (Lipinski definition) is 4. The van der Waals surface area contributed by atoms with E-state index in [2.05, 4.69) is 9.71 Å². The van der Waals surface area contributed by atoms with E-state index in [1.165, 1.54) is 18.2 Å². The molecule has 0 bridgehead atoms. The molecule has 1 aromatic carbocycles. The van der Waals surface area contributed by atoms with Gasteiger partial charge in [-0.05, 0) is 38.0 Å². The molecule has 1 aliphatic rings. The molecule has 2 aromatic rings. The summed E-state index contributed by atoms with van der Waals surface area (Å²) < 4.78 is 29.6. The van der Waals surface area contributed by atoms with Gasteiger partial charge in [0.05, 0.1) is 10.5 Å². The van der Waals surface area contributed by atoms with Gasteiger partial charge >= 0.3 is 5.97 Å². The molecule has 1 heterocycles. The lowest BCUT2D eigenvalue weighted by Crippen LogP contribution is -2.32. The summed E-state index contributed by atoms with van der Waals surface area (Å²) in [7, 11) is -3.77. The predicted octanol–water partition coefficient (Wildman–Crippen LogP) is 2.10. The smallest absolute Gasteiger partial charge is 0.335 e. The SMILES string of the molecule is Cc1nccn1-c1cc(C(=O)O)cc(S(=O)(=O)NC2CCCC2)c1.